The van der Waals surface area contributed by atoms with Crippen LogP contribution in [0.4, 0.5) is 0 Å². The molecule has 2 N–H and O–H groups in total. The van der Waals surface area contributed by atoms with E-state index < -0.39 is 11.9 Å². The zero-order valence-electron chi connectivity index (χ0n) is 21.9. The maximum Gasteiger partial charge on any atom is 0.305 e. The molecule has 16 heteroatoms. The van der Waals surface area contributed by atoms with Crippen LogP contribution in [0.1, 0.15) is 12.8 Å². The summed E-state index contributed by atoms with van der Waals surface area (Å²) in [6.45, 7) is 7.61. The van der Waals surface area contributed by atoms with Crippen LogP contribution in [0.2, 0.25) is 0 Å². The van der Waals surface area contributed by atoms with Crippen molar-refractivity contribution in [2.24, 2.45) is 5.11 Å². The predicted molar refractivity (Wildman–Crippen MR) is 138 cm³/mol. The van der Waals surface area contributed by atoms with Crippen LogP contribution in [0.15, 0.2) is 5.11 Å². The summed E-state index contributed by atoms with van der Waals surface area (Å²) < 4.78 is 37.7. The zero-order chi connectivity index (χ0) is 27.2. The number of carboxylic acids is 2. The van der Waals surface area contributed by atoms with Crippen molar-refractivity contribution in [3.8, 4) is 0 Å². The van der Waals surface area contributed by atoms with Crippen LogP contribution in [0.5, 0.6) is 0 Å². The Morgan fingerprint density at radius 3 is 1.24 bits per heavy atom. The first-order chi connectivity index (χ1) is 18.1. The fourth-order valence-electron chi connectivity index (χ4n) is 2.57. The van der Waals surface area contributed by atoms with Crippen LogP contribution in [-0.2, 0) is 42.7 Å². The standard InChI is InChI=1S/C22H42N4O11.ClH/c23-25-24-3-9-33-10-4-26(5-11-34-15-19-36-17-13-31-7-1-21(27)28)6-12-35-16-20-37-18-14-32-8-2-22(29)30;/h1-20H2,(H,27,28)(H,29,30);1H. The lowest BCUT2D eigenvalue weighted by molar-refractivity contribution is -0.139. The number of rotatable bonds is 30. The molecule has 0 rings (SSSR count). The van der Waals surface area contributed by atoms with Gasteiger partial charge in [-0.3, -0.25) is 14.5 Å². The summed E-state index contributed by atoms with van der Waals surface area (Å²) in [6.07, 6.45) is -0.0471. The molecule has 224 valence electrons. The van der Waals surface area contributed by atoms with Crippen LogP contribution in [0.3, 0.4) is 0 Å². The highest BCUT2D eigenvalue weighted by Gasteiger charge is 2.06. The maximum atomic E-state index is 10.4. The smallest absolute Gasteiger partial charge is 0.305 e. The van der Waals surface area contributed by atoms with Crippen LogP contribution in [-0.4, -0.2) is 146 Å². The highest BCUT2D eigenvalue weighted by atomic mass is 35.5. The molecule has 0 radical (unpaired) electrons. The molecule has 0 aromatic rings. The lowest BCUT2D eigenvalue weighted by atomic mass is 10.4. The molecule has 0 unspecified atom stereocenters. The Labute approximate surface area is 229 Å². The van der Waals surface area contributed by atoms with Crippen molar-refractivity contribution in [1.29, 1.82) is 0 Å². The summed E-state index contributed by atoms with van der Waals surface area (Å²) in [6, 6.07) is 0. The number of hydrogen-bond acceptors (Lipinski definition) is 11. The highest BCUT2D eigenvalue weighted by Crippen LogP contribution is 1.93. The number of nitrogens with zero attached hydrogens (tertiary/aromatic N) is 4. The van der Waals surface area contributed by atoms with Gasteiger partial charge in [0.2, 0.25) is 0 Å². The Hall–Kier alpha value is -1.78. The maximum absolute atomic E-state index is 10.4. The summed E-state index contributed by atoms with van der Waals surface area (Å²) >= 11 is 0. The molecule has 0 amide bonds. The van der Waals surface area contributed by atoms with Gasteiger partial charge in [-0.2, -0.15) is 0 Å². The molecule has 0 saturated carbocycles. The summed E-state index contributed by atoms with van der Waals surface area (Å²) in [4.78, 5) is 25.6. The minimum Gasteiger partial charge on any atom is -0.481 e. The van der Waals surface area contributed by atoms with Crippen LogP contribution >= 0.6 is 12.4 Å². The molecule has 0 aliphatic heterocycles. The average Bonchev–Trinajstić information content (AvgIpc) is 2.86. The van der Waals surface area contributed by atoms with Gasteiger partial charge in [0, 0.05) is 31.1 Å². The Morgan fingerprint density at radius 2 is 0.895 bits per heavy atom. The summed E-state index contributed by atoms with van der Waals surface area (Å²) in [7, 11) is 0. The molecule has 0 aliphatic carbocycles. The van der Waals surface area contributed by atoms with Crippen molar-refractivity contribution in [3.05, 3.63) is 10.4 Å². The van der Waals surface area contributed by atoms with E-state index in [0.717, 1.165) is 0 Å². The molecule has 0 fully saturated rings. The third kappa shape index (κ3) is 32.2. The number of halogens is 1. The van der Waals surface area contributed by atoms with E-state index in [-0.39, 0.29) is 45.0 Å². The fraction of sp³-hybridized carbons (Fsp3) is 0.909. The fourth-order valence-corrected chi connectivity index (χ4v) is 2.57. The summed E-state index contributed by atoms with van der Waals surface area (Å²) in [5.74, 6) is -1.78. The largest absolute Gasteiger partial charge is 0.481 e. The minimum absolute atomic E-state index is 0. The molecule has 0 aromatic carbocycles. The second kappa shape index (κ2) is 31.4. The number of ether oxygens (including phenoxy) is 7. The quantitative estimate of drug-likeness (QED) is 0.0537. The van der Waals surface area contributed by atoms with Gasteiger partial charge in [-0.1, -0.05) is 5.11 Å². The topological polar surface area (TPSA) is 191 Å². The van der Waals surface area contributed by atoms with Crippen molar-refractivity contribution in [2.45, 2.75) is 12.8 Å². The summed E-state index contributed by atoms with van der Waals surface area (Å²) in [5.41, 5.74) is 8.29. The number of azide groups is 1. The van der Waals surface area contributed by atoms with Crippen molar-refractivity contribution in [1.82, 2.24) is 4.90 Å². The van der Waals surface area contributed by atoms with E-state index in [9.17, 15) is 9.59 Å². The summed E-state index contributed by atoms with van der Waals surface area (Å²) in [5, 5.41) is 20.5. The van der Waals surface area contributed by atoms with Gasteiger partial charge >= 0.3 is 11.9 Å². The lowest BCUT2D eigenvalue weighted by Gasteiger charge is -2.22. The third-order valence-electron chi connectivity index (χ3n) is 4.46. The van der Waals surface area contributed by atoms with E-state index >= 15 is 0 Å². The predicted octanol–water partition coefficient (Wildman–Crippen LogP) is 1.09. The molecule has 0 aliphatic rings. The van der Waals surface area contributed by atoms with E-state index in [1.54, 1.807) is 0 Å². The van der Waals surface area contributed by atoms with Gasteiger partial charge in [-0.15, -0.1) is 12.4 Å². The lowest BCUT2D eigenvalue weighted by Crippen LogP contribution is -2.34. The SMILES string of the molecule is Cl.[N-]=[N+]=NCCOCCN(CCOCCOCCOCCC(=O)O)CCOCCOCCOCCC(=O)O. The van der Waals surface area contributed by atoms with Gasteiger partial charge in [-0.25, -0.2) is 0 Å². The monoisotopic (exact) mass is 574 g/mol. The zero-order valence-corrected chi connectivity index (χ0v) is 22.7. The van der Waals surface area contributed by atoms with E-state index in [2.05, 4.69) is 14.9 Å². The Bertz CT molecular complexity index is 566. The number of hydrogen-bond donors (Lipinski definition) is 2. The molecule has 0 saturated heterocycles. The van der Waals surface area contributed by atoms with Gasteiger partial charge in [0.15, 0.2) is 0 Å². The molecular weight excluding hydrogens is 532 g/mol. The van der Waals surface area contributed by atoms with Gasteiger partial charge in [-0.05, 0) is 5.53 Å². The van der Waals surface area contributed by atoms with E-state index in [4.69, 9.17) is 48.9 Å². The first-order valence-electron chi connectivity index (χ1n) is 12.3. The van der Waals surface area contributed by atoms with E-state index in [1.165, 1.54) is 0 Å². The number of aliphatic carboxylic acids is 2. The Morgan fingerprint density at radius 1 is 0.579 bits per heavy atom. The second-order valence-electron chi connectivity index (χ2n) is 7.37. The molecule has 0 atom stereocenters. The van der Waals surface area contributed by atoms with Gasteiger partial charge in [0.05, 0.1) is 105 Å². The molecule has 0 heterocycles. The number of carboxylic acid groups (broad SMARTS) is 2. The molecule has 15 nitrogen and oxygen atoms in total. The molecule has 0 aromatic heterocycles. The van der Waals surface area contributed by atoms with Gasteiger partial charge in [0.25, 0.3) is 0 Å². The third-order valence-corrected chi connectivity index (χ3v) is 4.46. The Kier molecular flexibility index (Phi) is 31.7. The first-order valence-corrected chi connectivity index (χ1v) is 12.3. The highest BCUT2D eigenvalue weighted by molar-refractivity contribution is 5.85. The van der Waals surface area contributed by atoms with Gasteiger partial charge in [0.1, 0.15) is 0 Å². The van der Waals surface area contributed by atoms with Crippen molar-refractivity contribution >= 4 is 24.3 Å². The van der Waals surface area contributed by atoms with Crippen molar-refractivity contribution in [3.63, 3.8) is 0 Å². The number of carbonyl (C=O) groups is 2. The van der Waals surface area contributed by atoms with Crippen LogP contribution in [0, 0.1) is 0 Å². The molecule has 0 spiro atoms. The molecule has 0 bridgehead atoms. The van der Waals surface area contributed by atoms with Gasteiger partial charge < -0.3 is 43.4 Å². The molecule has 38 heavy (non-hydrogen) atoms. The first kappa shape index (κ1) is 38.4. The van der Waals surface area contributed by atoms with Crippen LogP contribution in [0.25, 0.3) is 10.4 Å². The average molecular weight is 575 g/mol. The van der Waals surface area contributed by atoms with E-state index in [1.807, 2.05) is 0 Å². The van der Waals surface area contributed by atoms with Crippen molar-refractivity contribution in [2.75, 3.05) is 119 Å². The Balaban J connectivity index is 0. The van der Waals surface area contributed by atoms with Crippen LogP contribution < -0.4 is 0 Å². The molecular formula is C22H43ClN4O11. The minimum atomic E-state index is -0.891. The van der Waals surface area contributed by atoms with E-state index in [0.29, 0.717) is 98.9 Å². The normalized spacial score (nSPS) is 10.8. The second-order valence-corrected chi connectivity index (χ2v) is 7.37. The van der Waals surface area contributed by atoms with Crippen molar-refractivity contribution < 1.29 is 53.0 Å².